The van der Waals surface area contributed by atoms with Crippen molar-refractivity contribution in [2.75, 3.05) is 26.8 Å². The van der Waals surface area contributed by atoms with Crippen LogP contribution in [0.1, 0.15) is 42.0 Å². The second-order valence-corrected chi connectivity index (χ2v) is 5.90. The summed E-state index contributed by atoms with van der Waals surface area (Å²) < 4.78 is 5.58. The van der Waals surface area contributed by atoms with Gasteiger partial charge in [-0.2, -0.15) is 0 Å². The number of likely N-dealkylation sites (tertiary alicyclic amines) is 1. The lowest BCUT2D eigenvalue weighted by molar-refractivity contribution is 0.182. The maximum Gasteiger partial charge on any atom is 0.124 e. The van der Waals surface area contributed by atoms with Crippen LogP contribution in [0.25, 0.3) is 0 Å². The summed E-state index contributed by atoms with van der Waals surface area (Å²) in [5.41, 5.74) is 3.25. The number of benzene rings is 1. The topological polar surface area (TPSA) is 32.7 Å². The number of methoxy groups -OCH3 is 1. The smallest absolute Gasteiger partial charge is 0.124 e. The predicted molar refractivity (Wildman–Crippen MR) is 82.7 cm³/mol. The zero-order chi connectivity index (χ0) is 14.7. The lowest BCUT2D eigenvalue weighted by Crippen LogP contribution is -2.27. The van der Waals surface area contributed by atoms with Gasteiger partial charge in [0.05, 0.1) is 7.11 Å². The summed E-state index contributed by atoms with van der Waals surface area (Å²) in [6, 6.07) is 2.20. The Labute approximate surface area is 126 Å². The third kappa shape index (κ3) is 2.95. The van der Waals surface area contributed by atoms with Crippen LogP contribution in [0.4, 0.5) is 0 Å². The van der Waals surface area contributed by atoms with Crippen LogP contribution in [0, 0.1) is 13.8 Å². The SMILES string of the molecule is COc1cc(C)c(Cl)c(C)c1C(CCO)N1CCCC1. The van der Waals surface area contributed by atoms with Crippen molar-refractivity contribution in [3.05, 3.63) is 27.8 Å². The average molecular weight is 298 g/mol. The molecule has 20 heavy (non-hydrogen) atoms. The van der Waals surface area contributed by atoms with Crippen molar-refractivity contribution < 1.29 is 9.84 Å². The fourth-order valence-corrected chi connectivity index (χ4v) is 3.36. The zero-order valence-corrected chi connectivity index (χ0v) is 13.3. The van der Waals surface area contributed by atoms with Crippen LogP contribution < -0.4 is 4.74 Å². The van der Waals surface area contributed by atoms with E-state index in [-0.39, 0.29) is 12.6 Å². The molecule has 2 rings (SSSR count). The highest BCUT2D eigenvalue weighted by molar-refractivity contribution is 6.32. The van der Waals surface area contributed by atoms with Gasteiger partial charge in [0.1, 0.15) is 5.75 Å². The average Bonchev–Trinajstić information content (AvgIpc) is 2.96. The number of hydrogen-bond donors (Lipinski definition) is 1. The molecule has 1 saturated heterocycles. The summed E-state index contributed by atoms with van der Waals surface area (Å²) in [7, 11) is 1.70. The molecule has 1 fully saturated rings. The molecule has 1 heterocycles. The van der Waals surface area contributed by atoms with Crippen molar-refractivity contribution in [2.24, 2.45) is 0 Å². The van der Waals surface area contributed by atoms with E-state index in [0.29, 0.717) is 0 Å². The molecule has 0 saturated carbocycles. The minimum atomic E-state index is 0.176. The summed E-state index contributed by atoms with van der Waals surface area (Å²) >= 11 is 6.43. The summed E-state index contributed by atoms with van der Waals surface area (Å²) in [6.07, 6.45) is 3.17. The van der Waals surface area contributed by atoms with Crippen LogP contribution in [0.3, 0.4) is 0 Å². The van der Waals surface area contributed by atoms with E-state index in [1.807, 2.05) is 19.9 Å². The van der Waals surface area contributed by atoms with Crippen molar-refractivity contribution in [1.29, 1.82) is 0 Å². The Morgan fingerprint density at radius 1 is 1.35 bits per heavy atom. The highest BCUT2D eigenvalue weighted by Crippen LogP contribution is 2.40. The van der Waals surface area contributed by atoms with Crippen molar-refractivity contribution in [2.45, 2.75) is 39.2 Å². The molecule has 0 amide bonds. The normalized spacial score (nSPS) is 17.4. The van der Waals surface area contributed by atoms with Gasteiger partial charge in [0.15, 0.2) is 0 Å². The van der Waals surface area contributed by atoms with Crippen molar-refractivity contribution in [3.8, 4) is 5.75 Å². The second-order valence-electron chi connectivity index (χ2n) is 5.52. The van der Waals surface area contributed by atoms with Gasteiger partial charge in [-0.3, -0.25) is 4.90 Å². The molecule has 1 atom stereocenters. The first kappa shape index (κ1) is 15.6. The second kappa shape index (κ2) is 6.79. The number of aliphatic hydroxyl groups excluding tert-OH is 1. The molecule has 0 spiro atoms. The first-order chi connectivity index (χ1) is 9.60. The van der Waals surface area contributed by atoms with Gasteiger partial charge in [-0.25, -0.2) is 0 Å². The van der Waals surface area contributed by atoms with Crippen LogP contribution in [0.15, 0.2) is 6.07 Å². The van der Waals surface area contributed by atoms with Gasteiger partial charge in [-0.15, -0.1) is 0 Å². The first-order valence-electron chi connectivity index (χ1n) is 7.28. The molecule has 0 aromatic heterocycles. The number of rotatable bonds is 5. The first-order valence-corrected chi connectivity index (χ1v) is 7.66. The third-order valence-electron chi connectivity index (χ3n) is 4.23. The third-order valence-corrected chi connectivity index (χ3v) is 4.81. The predicted octanol–water partition coefficient (Wildman–Crippen LogP) is 3.48. The molecule has 1 unspecified atom stereocenters. The molecular formula is C16H24ClNO2. The summed E-state index contributed by atoms with van der Waals surface area (Å²) in [4.78, 5) is 2.44. The van der Waals surface area contributed by atoms with E-state index in [0.717, 1.165) is 47.0 Å². The minimum absolute atomic E-state index is 0.176. The standard InChI is InChI=1S/C16H24ClNO2/c1-11-10-14(20-3)15(12(2)16(11)17)13(6-9-19)18-7-4-5-8-18/h10,13,19H,4-9H2,1-3H3. The summed E-state index contributed by atoms with van der Waals surface area (Å²) in [5, 5.41) is 10.2. The van der Waals surface area contributed by atoms with Gasteiger partial charge >= 0.3 is 0 Å². The van der Waals surface area contributed by atoms with Gasteiger partial charge < -0.3 is 9.84 Å². The highest BCUT2D eigenvalue weighted by atomic mass is 35.5. The molecular weight excluding hydrogens is 274 g/mol. The van der Waals surface area contributed by atoms with Crippen molar-refractivity contribution in [1.82, 2.24) is 4.90 Å². The van der Waals surface area contributed by atoms with Crippen molar-refractivity contribution in [3.63, 3.8) is 0 Å². The Bertz CT molecular complexity index is 470. The number of aryl methyl sites for hydroxylation is 1. The molecule has 112 valence electrons. The molecule has 1 aromatic carbocycles. The highest BCUT2D eigenvalue weighted by Gasteiger charge is 2.28. The number of hydrogen-bond acceptors (Lipinski definition) is 3. The lowest BCUT2D eigenvalue weighted by Gasteiger charge is -2.30. The zero-order valence-electron chi connectivity index (χ0n) is 12.6. The van der Waals surface area contributed by atoms with Crippen LogP contribution in [-0.2, 0) is 0 Å². The van der Waals surface area contributed by atoms with Gasteiger partial charge in [0.25, 0.3) is 0 Å². The maximum absolute atomic E-state index is 9.44. The number of halogens is 1. The van der Waals surface area contributed by atoms with E-state index >= 15 is 0 Å². The van der Waals surface area contributed by atoms with E-state index in [2.05, 4.69) is 4.90 Å². The van der Waals surface area contributed by atoms with Gasteiger partial charge in [0, 0.05) is 23.2 Å². The van der Waals surface area contributed by atoms with Gasteiger partial charge in [0.2, 0.25) is 0 Å². The van der Waals surface area contributed by atoms with Crippen molar-refractivity contribution >= 4 is 11.6 Å². The Morgan fingerprint density at radius 3 is 2.55 bits per heavy atom. The van der Waals surface area contributed by atoms with Crippen LogP contribution in [-0.4, -0.2) is 36.8 Å². The Hall–Kier alpha value is -0.770. The molecule has 1 aliphatic heterocycles. The minimum Gasteiger partial charge on any atom is -0.496 e. The molecule has 1 N–H and O–H groups in total. The molecule has 0 bridgehead atoms. The number of aliphatic hydroxyl groups is 1. The van der Waals surface area contributed by atoms with Gasteiger partial charge in [-0.1, -0.05) is 11.6 Å². The monoisotopic (exact) mass is 297 g/mol. The van der Waals surface area contributed by atoms with Gasteiger partial charge in [-0.05, 0) is 63.4 Å². The molecule has 3 nitrogen and oxygen atoms in total. The molecule has 0 radical (unpaired) electrons. The van der Waals surface area contributed by atoms with Crippen LogP contribution in [0.2, 0.25) is 5.02 Å². The largest absolute Gasteiger partial charge is 0.496 e. The molecule has 4 heteroatoms. The number of nitrogens with zero attached hydrogens (tertiary/aromatic N) is 1. The van der Waals surface area contributed by atoms with Crippen LogP contribution in [0.5, 0.6) is 5.75 Å². The quantitative estimate of drug-likeness (QED) is 0.903. The van der Waals surface area contributed by atoms with E-state index in [9.17, 15) is 5.11 Å². The molecule has 1 aromatic rings. The maximum atomic E-state index is 9.44. The fourth-order valence-electron chi connectivity index (χ4n) is 3.20. The summed E-state index contributed by atoms with van der Waals surface area (Å²) in [6.45, 7) is 6.39. The molecule has 1 aliphatic rings. The summed E-state index contributed by atoms with van der Waals surface area (Å²) in [5.74, 6) is 0.884. The van der Waals surface area contributed by atoms with E-state index < -0.39 is 0 Å². The Morgan fingerprint density at radius 2 is 2.00 bits per heavy atom. The van der Waals surface area contributed by atoms with E-state index in [1.54, 1.807) is 7.11 Å². The van der Waals surface area contributed by atoms with E-state index in [4.69, 9.17) is 16.3 Å². The fraction of sp³-hybridized carbons (Fsp3) is 0.625. The molecule has 0 aliphatic carbocycles. The Kier molecular flexibility index (Phi) is 5.30. The Balaban J connectivity index is 2.48. The number of ether oxygens (including phenoxy) is 1. The lowest BCUT2D eigenvalue weighted by atomic mass is 9.94. The van der Waals surface area contributed by atoms with E-state index in [1.165, 1.54) is 12.8 Å². The van der Waals surface area contributed by atoms with Crippen LogP contribution >= 0.6 is 11.6 Å².